The summed E-state index contributed by atoms with van der Waals surface area (Å²) in [6, 6.07) is 8.66. The highest BCUT2D eigenvalue weighted by Crippen LogP contribution is 2.14. The Hall–Kier alpha value is -1.62. The molecule has 0 atom stereocenters. The van der Waals surface area contributed by atoms with Crippen molar-refractivity contribution >= 4 is 18.1 Å². The first-order chi connectivity index (χ1) is 7.33. The lowest BCUT2D eigenvalue weighted by molar-refractivity contribution is 0.102. The molecule has 1 heterocycles. The third-order valence-corrected chi connectivity index (χ3v) is 2.36. The molecule has 0 fully saturated rings. The van der Waals surface area contributed by atoms with Crippen molar-refractivity contribution in [3.8, 4) is 0 Å². The van der Waals surface area contributed by atoms with E-state index in [-0.39, 0.29) is 23.9 Å². The Bertz CT molecular complexity index is 469. The molecule has 0 N–H and O–H groups in total. The van der Waals surface area contributed by atoms with E-state index in [1.54, 1.807) is 24.3 Å². The van der Waals surface area contributed by atoms with Crippen LogP contribution in [0.25, 0.3) is 0 Å². The minimum Gasteiger partial charge on any atom is -0.285 e. The van der Waals surface area contributed by atoms with Gasteiger partial charge in [-0.15, -0.1) is 3.89 Å². The van der Waals surface area contributed by atoms with Gasteiger partial charge in [0.15, 0.2) is 18.2 Å². The van der Waals surface area contributed by atoms with Crippen molar-refractivity contribution in [1.29, 1.82) is 0 Å². The minimum atomic E-state index is -0.286. The van der Waals surface area contributed by atoms with Crippen LogP contribution in [0.1, 0.15) is 16.2 Å². The molecule has 1 aromatic carbocycles. The molecular weight excluding hydrogens is 215 g/mol. The Balaban J connectivity index is 2.37. The summed E-state index contributed by atoms with van der Waals surface area (Å²) in [5, 5.41) is 0. The van der Waals surface area contributed by atoms with Gasteiger partial charge in [-0.05, 0) is 0 Å². The van der Waals surface area contributed by atoms with Gasteiger partial charge in [0, 0.05) is 18.0 Å². The van der Waals surface area contributed by atoms with Gasteiger partial charge < -0.3 is 0 Å². The zero-order valence-corrected chi connectivity index (χ0v) is 8.45. The van der Waals surface area contributed by atoms with Crippen LogP contribution in [0.15, 0.2) is 42.7 Å². The van der Waals surface area contributed by atoms with Gasteiger partial charge >= 0.3 is 0 Å². The number of hydrogen-bond acceptors (Lipinski definition) is 3. The molecule has 0 saturated heterocycles. The number of nitrogens with zero attached hydrogens (tertiary/aromatic N) is 2. The Labute approximate surface area is 90.4 Å². The quantitative estimate of drug-likeness (QED) is 0.748. The number of benzene rings is 1. The number of ketones is 1. The van der Waals surface area contributed by atoms with Gasteiger partial charge in [-0.25, -0.2) is 8.96 Å². The Morgan fingerprint density at radius 2 is 2.07 bits per heavy atom. The normalized spacial score (nSPS) is 10.2. The lowest BCUT2D eigenvalue weighted by Crippen LogP contribution is -2.06. The van der Waals surface area contributed by atoms with Crippen molar-refractivity contribution in [2.24, 2.45) is 0 Å². The summed E-state index contributed by atoms with van der Waals surface area (Å²) in [7, 11) is 0. The average molecular weight is 222 g/mol. The molecule has 0 radical (unpaired) electrons. The Morgan fingerprint density at radius 3 is 2.73 bits per heavy atom. The van der Waals surface area contributed by atoms with Crippen LogP contribution in [-0.4, -0.2) is 14.7 Å². The topological polar surface area (TPSA) is 34.9 Å². The third kappa shape index (κ3) is 1.92. The number of aromatic nitrogens is 2. The number of carbonyl (C=O) groups is 1. The molecule has 1 aromatic heterocycles. The molecule has 0 bridgehead atoms. The summed E-state index contributed by atoms with van der Waals surface area (Å²) in [6.45, 7) is 0. The van der Waals surface area contributed by atoms with Crippen molar-refractivity contribution in [2.45, 2.75) is 0 Å². The van der Waals surface area contributed by atoms with Crippen molar-refractivity contribution in [3.63, 3.8) is 0 Å². The van der Waals surface area contributed by atoms with Crippen molar-refractivity contribution in [1.82, 2.24) is 8.96 Å². The van der Waals surface area contributed by atoms with Gasteiger partial charge in [0.05, 0.1) is 0 Å². The van der Waals surface area contributed by atoms with E-state index in [1.807, 2.05) is 6.07 Å². The molecule has 0 aliphatic rings. The smallest absolute Gasteiger partial charge is 0.229 e. The van der Waals surface area contributed by atoms with E-state index in [0.29, 0.717) is 5.56 Å². The van der Waals surface area contributed by atoms with Gasteiger partial charge in [0.25, 0.3) is 0 Å². The SMILES string of the molecule is O=C(c1ccccc1)c1nccn1SF. The van der Waals surface area contributed by atoms with Crippen molar-refractivity contribution in [3.05, 3.63) is 54.1 Å². The summed E-state index contributed by atoms with van der Waals surface area (Å²) in [5.74, 6) is -0.195. The van der Waals surface area contributed by atoms with Crippen LogP contribution < -0.4 is 0 Å². The second-order valence-electron chi connectivity index (χ2n) is 2.84. The molecule has 0 aliphatic carbocycles. The fourth-order valence-corrected chi connectivity index (χ4v) is 1.52. The molecule has 0 saturated carbocycles. The highest BCUT2D eigenvalue weighted by atomic mass is 32.2. The van der Waals surface area contributed by atoms with E-state index in [4.69, 9.17) is 0 Å². The molecule has 15 heavy (non-hydrogen) atoms. The Morgan fingerprint density at radius 1 is 1.33 bits per heavy atom. The largest absolute Gasteiger partial charge is 0.285 e. The minimum absolute atomic E-state index is 0.0416. The highest BCUT2D eigenvalue weighted by Gasteiger charge is 2.14. The predicted octanol–water partition coefficient (Wildman–Crippen LogP) is 2.49. The summed E-state index contributed by atoms with van der Waals surface area (Å²) < 4.78 is 13.5. The molecule has 2 rings (SSSR count). The first-order valence-electron chi connectivity index (χ1n) is 4.25. The molecule has 76 valence electrons. The van der Waals surface area contributed by atoms with Gasteiger partial charge in [-0.2, -0.15) is 0 Å². The van der Waals surface area contributed by atoms with Crippen LogP contribution in [0.2, 0.25) is 0 Å². The van der Waals surface area contributed by atoms with Gasteiger partial charge in [0.1, 0.15) is 0 Å². The zero-order chi connectivity index (χ0) is 10.7. The molecule has 0 aliphatic heterocycles. The summed E-state index contributed by atoms with van der Waals surface area (Å²) in [5.41, 5.74) is 0.499. The number of carbonyl (C=O) groups excluding carboxylic acids is 1. The van der Waals surface area contributed by atoms with E-state index in [9.17, 15) is 8.68 Å². The predicted molar refractivity (Wildman–Crippen MR) is 56.2 cm³/mol. The second kappa shape index (κ2) is 4.27. The number of rotatable bonds is 3. The van der Waals surface area contributed by atoms with Crippen LogP contribution in [0, 0.1) is 0 Å². The first kappa shape index (κ1) is 9.92. The highest BCUT2D eigenvalue weighted by molar-refractivity contribution is 7.92. The molecule has 0 spiro atoms. The molecule has 2 aromatic rings. The van der Waals surface area contributed by atoms with E-state index < -0.39 is 0 Å². The van der Waals surface area contributed by atoms with E-state index in [1.165, 1.54) is 12.4 Å². The summed E-state index contributed by atoms with van der Waals surface area (Å²) in [4.78, 5) is 15.6. The summed E-state index contributed by atoms with van der Waals surface area (Å²) >= 11 is -0.0416. The van der Waals surface area contributed by atoms with E-state index in [2.05, 4.69) is 4.98 Å². The van der Waals surface area contributed by atoms with Crippen LogP contribution in [0.4, 0.5) is 3.89 Å². The maximum atomic E-state index is 12.4. The molecule has 0 amide bonds. The van der Waals surface area contributed by atoms with Gasteiger partial charge in [-0.3, -0.25) is 4.79 Å². The fraction of sp³-hybridized carbons (Fsp3) is 0. The monoisotopic (exact) mass is 222 g/mol. The molecule has 3 nitrogen and oxygen atoms in total. The maximum absolute atomic E-state index is 12.4. The Kier molecular flexibility index (Phi) is 2.82. The van der Waals surface area contributed by atoms with Crippen molar-refractivity contribution < 1.29 is 8.68 Å². The van der Waals surface area contributed by atoms with Gasteiger partial charge in [-0.1, -0.05) is 30.3 Å². The van der Waals surface area contributed by atoms with E-state index >= 15 is 0 Å². The fourth-order valence-electron chi connectivity index (χ4n) is 1.23. The van der Waals surface area contributed by atoms with Crippen LogP contribution in [-0.2, 0) is 0 Å². The lowest BCUT2D eigenvalue weighted by atomic mass is 10.1. The van der Waals surface area contributed by atoms with Crippen LogP contribution in [0.3, 0.4) is 0 Å². The lowest BCUT2D eigenvalue weighted by Gasteiger charge is -2.00. The first-order valence-corrected chi connectivity index (χ1v) is 4.92. The summed E-state index contributed by atoms with van der Waals surface area (Å²) in [6.07, 6.45) is 2.80. The third-order valence-electron chi connectivity index (χ3n) is 1.92. The van der Waals surface area contributed by atoms with Gasteiger partial charge in [0.2, 0.25) is 5.78 Å². The zero-order valence-electron chi connectivity index (χ0n) is 7.63. The molecular formula is C10H7FN2OS. The van der Waals surface area contributed by atoms with Crippen molar-refractivity contribution in [2.75, 3.05) is 0 Å². The maximum Gasteiger partial charge on any atom is 0.229 e. The van der Waals surface area contributed by atoms with Crippen LogP contribution >= 0.6 is 12.3 Å². The molecule has 5 heteroatoms. The number of imidazole rings is 1. The number of halogens is 1. The molecule has 0 unspecified atom stereocenters. The number of hydrogen-bond donors (Lipinski definition) is 0. The van der Waals surface area contributed by atoms with Crippen LogP contribution in [0.5, 0.6) is 0 Å². The second-order valence-corrected chi connectivity index (χ2v) is 3.37. The standard InChI is InChI=1S/C10H7FN2OS/c11-15-13-7-6-12-10(13)9(14)8-4-2-1-3-5-8/h1-7H. The van der Waals surface area contributed by atoms with E-state index in [0.717, 1.165) is 3.97 Å². The average Bonchev–Trinajstić information content (AvgIpc) is 2.77.